The van der Waals surface area contributed by atoms with Gasteiger partial charge in [-0.3, -0.25) is 0 Å². The summed E-state index contributed by atoms with van der Waals surface area (Å²) in [6.45, 7) is 0. The first-order valence-corrected chi connectivity index (χ1v) is 3.98. The average molecular weight is 261 g/mol. The van der Waals surface area contributed by atoms with Gasteiger partial charge in [-0.1, -0.05) is 22.9 Å². The minimum absolute atomic E-state index is 0.0283. The Balaban J connectivity index is 3.14. The highest BCUT2D eigenvalue weighted by Gasteiger charge is 2.02. The monoisotopic (exact) mass is 261 g/mol. The number of hydrogen-bond acceptors (Lipinski definition) is 3. The third-order valence-corrected chi connectivity index (χ3v) is 2.62. The van der Waals surface area contributed by atoms with E-state index in [2.05, 4.69) is 4.98 Å². The maximum Gasteiger partial charge on any atom is 0.237 e. The molecular formula is C3HClINOS. The molecule has 2 nitrogen and oxygen atoms in total. The lowest BCUT2D eigenvalue weighted by Gasteiger charge is -1.75. The second-order valence-corrected chi connectivity index (χ2v) is 4.46. The second kappa shape index (κ2) is 2.36. The molecule has 0 aliphatic rings. The van der Waals surface area contributed by atoms with Crippen molar-refractivity contribution in [3.63, 3.8) is 0 Å². The fraction of sp³-hybridized carbons (Fsp3) is 0. The summed E-state index contributed by atoms with van der Waals surface area (Å²) in [5, 5.41) is 8.75. The zero-order valence-electron chi connectivity index (χ0n) is 3.56. The molecule has 1 aromatic rings. The first-order chi connectivity index (χ1) is 3.70. The highest BCUT2D eigenvalue weighted by Crippen LogP contribution is 2.28. The molecule has 0 amide bonds. The minimum Gasteiger partial charge on any atom is -0.492 e. The molecule has 44 valence electrons. The molecule has 1 heterocycles. The van der Waals surface area contributed by atoms with Gasteiger partial charge >= 0.3 is 0 Å². The van der Waals surface area contributed by atoms with Gasteiger partial charge in [-0.25, -0.2) is 0 Å². The molecule has 0 fully saturated rings. The number of rotatable bonds is 0. The van der Waals surface area contributed by atoms with Gasteiger partial charge in [0, 0.05) is 0 Å². The Labute approximate surface area is 68.7 Å². The first-order valence-electron chi connectivity index (χ1n) is 1.71. The molecule has 0 atom stereocenters. The van der Waals surface area contributed by atoms with Crippen LogP contribution in [-0.2, 0) is 0 Å². The molecule has 5 heteroatoms. The third kappa shape index (κ3) is 1.24. The predicted molar refractivity (Wildman–Crippen MR) is 41.5 cm³/mol. The van der Waals surface area contributed by atoms with E-state index >= 15 is 0 Å². The molecule has 8 heavy (non-hydrogen) atoms. The lowest BCUT2D eigenvalue weighted by molar-refractivity contribution is 0.454. The quantitative estimate of drug-likeness (QED) is 0.726. The van der Waals surface area contributed by atoms with E-state index in [4.69, 9.17) is 16.7 Å². The molecular weight excluding hydrogens is 260 g/mol. The van der Waals surface area contributed by atoms with Crippen molar-refractivity contribution in [3.8, 4) is 5.88 Å². The van der Waals surface area contributed by atoms with Crippen molar-refractivity contribution in [3.05, 3.63) is 7.35 Å². The summed E-state index contributed by atoms with van der Waals surface area (Å²) in [4.78, 5) is 3.54. The molecule has 0 bridgehead atoms. The Morgan fingerprint density at radius 3 is 2.50 bits per heavy atom. The SMILES string of the molecule is Oc1nc(Cl)sc1I. The van der Waals surface area contributed by atoms with E-state index in [1.54, 1.807) is 0 Å². The first kappa shape index (κ1) is 6.57. The Morgan fingerprint density at radius 2 is 2.38 bits per heavy atom. The summed E-state index contributed by atoms with van der Waals surface area (Å²) < 4.78 is 1.11. The Hall–Kier alpha value is 0.450. The molecule has 0 spiro atoms. The van der Waals surface area contributed by atoms with Gasteiger partial charge in [0.1, 0.15) is 2.88 Å². The van der Waals surface area contributed by atoms with Crippen LogP contribution in [0.1, 0.15) is 0 Å². The molecule has 0 saturated carbocycles. The van der Waals surface area contributed by atoms with Crippen LogP contribution in [0.2, 0.25) is 4.47 Å². The van der Waals surface area contributed by atoms with Crippen LogP contribution in [0.25, 0.3) is 0 Å². The largest absolute Gasteiger partial charge is 0.492 e. The van der Waals surface area contributed by atoms with Crippen molar-refractivity contribution in [2.24, 2.45) is 0 Å². The van der Waals surface area contributed by atoms with Gasteiger partial charge in [0.15, 0.2) is 4.47 Å². The van der Waals surface area contributed by atoms with Crippen molar-refractivity contribution in [1.29, 1.82) is 0 Å². The van der Waals surface area contributed by atoms with Crippen LogP contribution >= 0.6 is 45.5 Å². The van der Waals surface area contributed by atoms with Crippen LogP contribution in [0.5, 0.6) is 5.88 Å². The van der Waals surface area contributed by atoms with Crippen molar-refractivity contribution in [2.75, 3.05) is 0 Å². The van der Waals surface area contributed by atoms with Crippen LogP contribution in [0.4, 0.5) is 0 Å². The third-order valence-electron chi connectivity index (χ3n) is 0.543. The highest BCUT2D eigenvalue weighted by molar-refractivity contribution is 14.1. The summed E-state index contributed by atoms with van der Waals surface area (Å²) in [5.41, 5.74) is 0. The fourth-order valence-electron chi connectivity index (χ4n) is 0.270. The number of aromatic hydroxyl groups is 1. The van der Waals surface area contributed by atoms with Gasteiger partial charge in [0.05, 0.1) is 0 Å². The molecule has 0 aliphatic heterocycles. The van der Waals surface area contributed by atoms with Crippen LogP contribution in [-0.4, -0.2) is 10.1 Å². The summed E-state index contributed by atoms with van der Waals surface area (Å²) in [6.07, 6.45) is 0. The van der Waals surface area contributed by atoms with E-state index in [1.165, 1.54) is 11.3 Å². The Morgan fingerprint density at radius 1 is 1.75 bits per heavy atom. The minimum atomic E-state index is 0.0283. The van der Waals surface area contributed by atoms with Crippen molar-refractivity contribution < 1.29 is 5.11 Å². The van der Waals surface area contributed by atoms with Crippen molar-refractivity contribution in [2.45, 2.75) is 0 Å². The molecule has 1 rings (SSSR count). The van der Waals surface area contributed by atoms with E-state index in [0.29, 0.717) is 4.47 Å². The molecule has 1 aromatic heterocycles. The van der Waals surface area contributed by atoms with Gasteiger partial charge in [-0.05, 0) is 22.6 Å². The summed E-state index contributed by atoms with van der Waals surface area (Å²) in [5.74, 6) is 0.0283. The Kier molecular flexibility index (Phi) is 1.94. The van der Waals surface area contributed by atoms with Crippen molar-refractivity contribution in [1.82, 2.24) is 4.98 Å². The predicted octanol–water partition coefficient (Wildman–Crippen LogP) is 2.11. The van der Waals surface area contributed by atoms with Gasteiger partial charge < -0.3 is 5.11 Å². The van der Waals surface area contributed by atoms with Crippen LogP contribution < -0.4 is 0 Å². The van der Waals surface area contributed by atoms with Gasteiger partial charge in [-0.2, -0.15) is 4.98 Å². The van der Waals surface area contributed by atoms with E-state index in [0.717, 1.165) is 2.88 Å². The summed E-state index contributed by atoms with van der Waals surface area (Å²) >= 11 is 8.64. The highest BCUT2D eigenvalue weighted by atomic mass is 127. The van der Waals surface area contributed by atoms with E-state index in [-0.39, 0.29) is 5.88 Å². The number of aromatic nitrogens is 1. The number of thiazole rings is 1. The van der Waals surface area contributed by atoms with E-state index in [1.807, 2.05) is 22.6 Å². The lowest BCUT2D eigenvalue weighted by atomic mass is 10.9. The molecule has 0 unspecified atom stereocenters. The summed E-state index contributed by atoms with van der Waals surface area (Å²) in [7, 11) is 0. The number of halogens is 2. The summed E-state index contributed by atoms with van der Waals surface area (Å²) in [6, 6.07) is 0. The number of nitrogens with zero attached hydrogens (tertiary/aromatic N) is 1. The zero-order valence-corrected chi connectivity index (χ0v) is 7.29. The normalized spacial score (nSPS) is 9.75. The molecule has 0 aliphatic carbocycles. The van der Waals surface area contributed by atoms with Crippen molar-refractivity contribution >= 4 is 45.5 Å². The fourth-order valence-corrected chi connectivity index (χ4v) is 2.13. The molecule has 0 radical (unpaired) electrons. The van der Waals surface area contributed by atoms with Crippen LogP contribution in [0.3, 0.4) is 0 Å². The van der Waals surface area contributed by atoms with E-state index in [9.17, 15) is 0 Å². The van der Waals surface area contributed by atoms with Gasteiger partial charge in [-0.15, -0.1) is 0 Å². The maximum absolute atomic E-state index is 8.75. The van der Waals surface area contributed by atoms with Crippen LogP contribution in [0.15, 0.2) is 0 Å². The molecule has 0 saturated heterocycles. The van der Waals surface area contributed by atoms with Gasteiger partial charge in [0.25, 0.3) is 0 Å². The second-order valence-electron chi connectivity index (χ2n) is 1.06. The zero-order chi connectivity index (χ0) is 6.15. The maximum atomic E-state index is 8.75. The number of hydrogen-bond donors (Lipinski definition) is 1. The van der Waals surface area contributed by atoms with Crippen LogP contribution in [0, 0.1) is 2.88 Å². The lowest BCUT2D eigenvalue weighted by Crippen LogP contribution is -1.60. The van der Waals surface area contributed by atoms with E-state index < -0.39 is 0 Å². The standard InChI is InChI=1S/C3HClINOS/c4-3-6-2(7)1(5)8-3/h7H. The van der Waals surface area contributed by atoms with Gasteiger partial charge in [0.2, 0.25) is 5.88 Å². The smallest absolute Gasteiger partial charge is 0.237 e. The average Bonchev–Trinajstić information content (AvgIpc) is 1.85. The molecule has 0 aromatic carbocycles. The topological polar surface area (TPSA) is 33.1 Å². The Bertz CT molecular complexity index is 182. The molecule has 1 N–H and O–H groups in total.